The topological polar surface area (TPSA) is 70.4 Å². The minimum Gasteiger partial charge on any atom is -0.360 e. The predicted molar refractivity (Wildman–Crippen MR) is 71.0 cm³/mol. The van der Waals surface area contributed by atoms with Crippen LogP contribution in [0.4, 0.5) is 10.6 Å². The summed E-state index contributed by atoms with van der Waals surface area (Å²) in [4.78, 5) is 14.3. The smallest absolute Gasteiger partial charge is 0.320 e. The van der Waals surface area contributed by atoms with Crippen LogP contribution in [-0.4, -0.2) is 41.3 Å². The Balaban J connectivity index is 1.42. The highest BCUT2D eigenvalue weighted by Gasteiger charge is 2.32. The molecule has 6 heteroatoms. The summed E-state index contributed by atoms with van der Waals surface area (Å²) >= 11 is 0. The van der Waals surface area contributed by atoms with Crippen LogP contribution in [0.15, 0.2) is 10.6 Å². The fraction of sp³-hybridized carbons (Fsp3) is 0.692. The van der Waals surface area contributed by atoms with Gasteiger partial charge in [-0.15, -0.1) is 0 Å². The Labute approximate surface area is 112 Å². The maximum Gasteiger partial charge on any atom is 0.320 e. The lowest BCUT2D eigenvalue weighted by Gasteiger charge is -2.32. The summed E-state index contributed by atoms with van der Waals surface area (Å²) in [5, 5.41) is 9.42. The molecule has 0 aromatic carbocycles. The first-order chi connectivity index (χ1) is 9.20. The number of aromatic nitrogens is 1. The molecule has 6 nitrogen and oxygen atoms in total. The Kier molecular flexibility index (Phi) is 3.42. The normalized spacial score (nSPS) is 21.3. The maximum absolute atomic E-state index is 11.8. The minimum absolute atomic E-state index is 0.196. The number of hydrogen-bond donors (Lipinski definition) is 2. The molecule has 3 rings (SSSR count). The predicted octanol–water partition coefficient (Wildman–Crippen LogP) is 1.73. The second-order valence-electron chi connectivity index (χ2n) is 5.46. The van der Waals surface area contributed by atoms with E-state index < -0.39 is 0 Å². The number of piperidine rings is 1. The Morgan fingerprint density at radius 2 is 2.11 bits per heavy atom. The zero-order valence-electron chi connectivity index (χ0n) is 11.2. The van der Waals surface area contributed by atoms with Crippen molar-refractivity contribution >= 4 is 11.8 Å². The fourth-order valence-electron chi connectivity index (χ4n) is 2.61. The van der Waals surface area contributed by atoms with E-state index in [1.165, 1.54) is 12.8 Å². The van der Waals surface area contributed by atoms with Crippen LogP contribution in [0, 0.1) is 6.92 Å². The third-order valence-electron chi connectivity index (χ3n) is 3.80. The van der Waals surface area contributed by atoms with Gasteiger partial charge in [0.05, 0.1) is 0 Å². The highest BCUT2D eigenvalue weighted by Crippen LogP contribution is 2.29. The van der Waals surface area contributed by atoms with Crippen LogP contribution < -0.4 is 10.6 Å². The minimum atomic E-state index is -0.196. The molecule has 1 aliphatic carbocycles. The molecular weight excluding hydrogens is 244 g/mol. The highest BCUT2D eigenvalue weighted by molar-refractivity contribution is 5.88. The van der Waals surface area contributed by atoms with Crippen molar-refractivity contribution in [3.63, 3.8) is 0 Å². The lowest BCUT2D eigenvalue weighted by Crippen LogP contribution is -2.46. The molecule has 1 saturated carbocycles. The number of urea groups is 1. The van der Waals surface area contributed by atoms with Crippen molar-refractivity contribution < 1.29 is 9.32 Å². The van der Waals surface area contributed by atoms with Crippen LogP contribution >= 0.6 is 0 Å². The van der Waals surface area contributed by atoms with Crippen molar-refractivity contribution in [2.75, 3.05) is 18.4 Å². The lowest BCUT2D eigenvalue weighted by molar-refractivity contribution is 0.189. The first kappa shape index (κ1) is 12.5. The monoisotopic (exact) mass is 264 g/mol. The van der Waals surface area contributed by atoms with Gasteiger partial charge in [-0.3, -0.25) is 5.32 Å². The number of nitrogens with zero attached hydrogens (tertiary/aromatic N) is 2. The van der Waals surface area contributed by atoms with Crippen molar-refractivity contribution in [3.05, 3.63) is 11.8 Å². The van der Waals surface area contributed by atoms with Crippen LogP contribution in [0.5, 0.6) is 0 Å². The van der Waals surface area contributed by atoms with Gasteiger partial charge in [0.1, 0.15) is 5.76 Å². The molecule has 1 aliphatic heterocycles. The average molecular weight is 264 g/mol. The molecule has 0 bridgehead atoms. The van der Waals surface area contributed by atoms with Gasteiger partial charge in [-0.05, 0) is 32.6 Å². The second-order valence-corrected chi connectivity index (χ2v) is 5.46. The Morgan fingerprint density at radius 3 is 2.68 bits per heavy atom. The molecule has 0 unspecified atom stereocenters. The summed E-state index contributed by atoms with van der Waals surface area (Å²) in [6.45, 7) is 3.99. The highest BCUT2D eigenvalue weighted by atomic mass is 16.5. The summed E-state index contributed by atoms with van der Waals surface area (Å²) in [6, 6.07) is 2.60. The van der Waals surface area contributed by atoms with Gasteiger partial charge in [-0.25, -0.2) is 4.79 Å². The molecule has 2 heterocycles. The molecule has 0 spiro atoms. The van der Waals surface area contributed by atoms with E-state index in [1.54, 1.807) is 13.0 Å². The van der Waals surface area contributed by atoms with E-state index in [0.29, 0.717) is 11.6 Å². The summed E-state index contributed by atoms with van der Waals surface area (Å²) in [7, 11) is 0. The third-order valence-corrected chi connectivity index (χ3v) is 3.80. The van der Waals surface area contributed by atoms with E-state index in [0.717, 1.165) is 32.0 Å². The molecule has 1 aromatic heterocycles. The first-order valence-corrected chi connectivity index (χ1v) is 6.95. The van der Waals surface area contributed by atoms with Crippen LogP contribution in [0.25, 0.3) is 0 Å². The van der Waals surface area contributed by atoms with Gasteiger partial charge >= 0.3 is 6.03 Å². The van der Waals surface area contributed by atoms with Crippen molar-refractivity contribution in [2.24, 2.45) is 0 Å². The quantitative estimate of drug-likeness (QED) is 0.872. The van der Waals surface area contributed by atoms with E-state index in [2.05, 4.69) is 20.7 Å². The molecule has 2 N–H and O–H groups in total. The van der Waals surface area contributed by atoms with E-state index in [9.17, 15) is 4.79 Å². The van der Waals surface area contributed by atoms with Crippen molar-refractivity contribution in [1.82, 2.24) is 15.4 Å². The van der Waals surface area contributed by atoms with Gasteiger partial charge < -0.3 is 14.7 Å². The van der Waals surface area contributed by atoms with Gasteiger partial charge in [0.2, 0.25) is 0 Å². The molecule has 0 radical (unpaired) electrons. The molecule has 1 saturated heterocycles. The second kappa shape index (κ2) is 5.21. The van der Waals surface area contributed by atoms with Crippen molar-refractivity contribution in [1.29, 1.82) is 0 Å². The fourth-order valence-corrected chi connectivity index (χ4v) is 2.61. The van der Waals surface area contributed by atoms with Crippen LogP contribution in [0.2, 0.25) is 0 Å². The molecule has 2 amide bonds. The average Bonchev–Trinajstić information content (AvgIpc) is 3.15. The SMILES string of the molecule is Cc1cc(NC(=O)NC2CCN(C3CC3)CC2)no1. The lowest BCUT2D eigenvalue weighted by atomic mass is 10.1. The molecule has 1 aromatic rings. The molecular formula is C13H20N4O2. The number of rotatable bonds is 3. The zero-order valence-corrected chi connectivity index (χ0v) is 11.2. The van der Waals surface area contributed by atoms with Crippen molar-refractivity contribution in [3.8, 4) is 0 Å². The summed E-state index contributed by atoms with van der Waals surface area (Å²) in [5.74, 6) is 1.15. The number of carbonyl (C=O) groups is 1. The standard InChI is InChI=1S/C13H20N4O2/c1-9-8-12(16-19-9)15-13(18)14-10-4-6-17(7-5-10)11-2-3-11/h8,10-11H,2-7H2,1H3,(H2,14,15,16,18). The first-order valence-electron chi connectivity index (χ1n) is 6.95. The number of hydrogen-bond acceptors (Lipinski definition) is 4. The Hall–Kier alpha value is -1.56. The van der Waals surface area contributed by atoms with Gasteiger partial charge in [-0.2, -0.15) is 0 Å². The largest absolute Gasteiger partial charge is 0.360 e. The Morgan fingerprint density at radius 1 is 1.37 bits per heavy atom. The third kappa shape index (κ3) is 3.26. The number of aryl methyl sites for hydroxylation is 1. The molecule has 19 heavy (non-hydrogen) atoms. The van der Waals surface area contributed by atoms with Crippen molar-refractivity contribution in [2.45, 2.75) is 44.7 Å². The van der Waals surface area contributed by atoms with Gasteiger partial charge in [0.25, 0.3) is 0 Å². The van der Waals surface area contributed by atoms with E-state index in [4.69, 9.17) is 4.52 Å². The Bertz CT molecular complexity index is 447. The number of likely N-dealkylation sites (tertiary alicyclic amines) is 1. The number of carbonyl (C=O) groups excluding carboxylic acids is 1. The summed E-state index contributed by atoms with van der Waals surface area (Å²) < 4.78 is 4.90. The summed E-state index contributed by atoms with van der Waals surface area (Å²) in [5.41, 5.74) is 0. The zero-order chi connectivity index (χ0) is 13.2. The van der Waals surface area contributed by atoms with E-state index in [-0.39, 0.29) is 12.1 Å². The number of amides is 2. The summed E-state index contributed by atoms with van der Waals surface area (Å²) in [6.07, 6.45) is 4.76. The van der Waals surface area contributed by atoms with E-state index in [1.807, 2.05) is 0 Å². The van der Waals surface area contributed by atoms with Crippen LogP contribution in [0.3, 0.4) is 0 Å². The van der Waals surface area contributed by atoms with Crippen LogP contribution in [-0.2, 0) is 0 Å². The molecule has 0 atom stereocenters. The molecule has 2 aliphatic rings. The van der Waals surface area contributed by atoms with Gasteiger partial charge in [-0.1, -0.05) is 5.16 Å². The number of anilines is 1. The van der Waals surface area contributed by atoms with Crippen LogP contribution in [0.1, 0.15) is 31.4 Å². The van der Waals surface area contributed by atoms with Gasteiger partial charge in [0, 0.05) is 31.2 Å². The maximum atomic E-state index is 11.8. The molecule has 2 fully saturated rings. The van der Waals surface area contributed by atoms with Gasteiger partial charge in [0.15, 0.2) is 5.82 Å². The number of nitrogens with one attached hydrogen (secondary N) is 2. The van der Waals surface area contributed by atoms with E-state index >= 15 is 0 Å². The molecule has 104 valence electrons.